The molecule has 0 unspecified atom stereocenters. The van der Waals surface area contributed by atoms with Gasteiger partial charge in [0.1, 0.15) is 5.76 Å². The minimum Gasteiger partial charge on any atom is -0.465 e. The molecule has 4 rings (SSSR count). The molecule has 0 N–H and O–H groups in total. The second kappa shape index (κ2) is 10.7. The number of esters is 3. The van der Waals surface area contributed by atoms with Crippen molar-refractivity contribution < 1.29 is 33.3 Å². The number of carbonyl (C=O) groups excluding carboxylic acids is 3. The van der Waals surface area contributed by atoms with Gasteiger partial charge in [0, 0.05) is 11.8 Å². The summed E-state index contributed by atoms with van der Waals surface area (Å²) in [5.74, 6) is -1.76. The molecule has 2 aromatic carbocycles. The normalized spacial score (nSPS) is 15.1. The van der Waals surface area contributed by atoms with Gasteiger partial charge in [-0.25, -0.2) is 4.79 Å². The van der Waals surface area contributed by atoms with Crippen LogP contribution in [0.1, 0.15) is 38.3 Å². The van der Waals surface area contributed by atoms with Gasteiger partial charge in [0.15, 0.2) is 0 Å². The van der Waals surface area contributed by atoms with Crippen LogP contribution in [0.15, 0.2) is 66.4 Å². The largest absolute Gasteiger partial charge is 0.465 e. The van der Waals surface area contributed by atoms with E-state index in [2.05, 4.69) is 0 Å². The first kappa shape index (κ1) is 25.0. The van der Waals surface area contributed by atoms with Crippen LogP contribution in [0.5, 0.6) is 5.88 Å². The Balaban J connectivity index is 2.03. The zero-order valence-electron chi connectivity index (χ0n) is 20.6. The van der Waals surface area contributed by atoms with E-state index in [9.17, 15) is 14.4 Å². The van der Waals surface area contributed by atoms with Crippen molar-refractivity contribution in [3.63, 3.8) is 0 Å². The van der Waals surface area contributed by atoms with Crippen LogP contribution in [-0.2, 0) is 40.6 Å². The van der Waals surface area contributed by atoms with E-state index in [1.807, 2.05) is 59.2 Å². The number of hydrogen-bond donors (Lipinski definition) is 0. The highest BCUT2D eigenvalue weighted by Crippen LogP contribution is 2.50. The first-order valence-electron chi connectivity index (χ1n) is 12.0. The maximum Gasteiger partial charge on any atom is 0.334 e. The van der Waals surface area contributed by atoms with Crippen LogP contribution in [0.3, 0.4) is 0 Å². The first-order valence-corrected chi connectivity index (χ1v) is 12.0. The lowest BCUT2D eigenvalue weighted by Gasteiger charge is -2.34. The van der Waals surface area contributed by atoms with Crippen molar-refractivity contribution in [2.75, 3.05) is 19.8 Å². The van der Waals surface area contributed by atoms with E-state index in [1.165, 1.54) is 6.08 Å². The molecule has 8 nitrogen and oxygen atoms in total. The van der Waals surface area contributed by atoms with E-state index in [1.54, 1.807) is 20.8 Å². The molecule has 0 atom stereocenters. The van der Waals surface area contributed by atoms with Crippen LogP contribution in [0.25, 0.3) is 10.9 Å². The van der Waals surface area contributed by atoms with Gasteiger partial charge in [-0.2, -0.15) is 0 Å². The summed E-state index contributed by atoms with van der Waals surface area (Å²) in [5.41, 5.74) is 0.261. The molecular formula is C28H29NO7. The summed E-state index contributed by atoms with van der Waals surface area (Å²) in [4.78, 5) is 39.6. The van der Waals surface area contributed by atoms with Crippen molar-refractivity contribution in [2.24, 2.45) is 0 Å². The molecule has 0 radical (unpaired) electrons. The number of nitrogens with zero attached hydrogens (tertiary/aromatic N) is 1. The first-order chi connectivity index (χ1) is 17.5. The molecule has 188 valence electrons. The third kappa shape index (κ3) is 4.46. The summed E-state index contributed by atoms with van der Waals surface area (Å²) in [7, 11) is 0. The fraction of sp³-hybridized carbons (Fsp3) is 0.321. The topological polar surface area (TPSA) is 93.1 Å². The molecule has 0 saturated heterocycles. The van der Waals surface area contributed by atoms with Crippen LogP contribution < -0.4 is 4.74 Å². The van der Waals surface area contributed by atoms with E-state index in [-0.39, 0.29) is 37.9 Å². The number of carbonyl (C=O) groups is 3. The SMILES string of the molecule is CCOC(=O)/C=C1\CC(C(=O)OCC)(C(=O)OCC)c2c(n(Cc3ccccc3)c3ccccc23)O1. The molecule has 0 aliphatic carbocycles. The minimum atomic E-state index is -1.86. The second-order valence-electron chi connectivity index (χ2n) is 8.26. The molecule has 1 aliphatic heterocycles. The van der Waals surface area contributed by atoms with Crippen LogP contribution in [0.2, 0.25) is 0 Å². The molecule has 8 heteroatoms. The highest BCUT2D eigenvalue weighted by atomic mass is 16.6. The third-order valence-electron chi connectivity index (χ3n) is 6.01. The van der Waals surface area contributed by atoms with Crippen molar-refractivity contribution in [3.8, 4) is 5.88 Å². The zero-order valence-corrected chi connectivity index (χ0v) is 20.6. The van der Waals surface area contributed by atoms with E-state index in [0.29, 0.717) is 17.5 Å². The van der Waals surface area contributed by atoms with Gasteiger partial charge in [0.2, 0.25) is 11.3 Å². The molecule has 1 aromatic heterocycles. The molecule has 1 aliphatic rings. The molecule has 3 aromatic rings. The maximum atomic E-state index is 13.6. The Morgan fingerprint density at radius 2 is 1.50 bits per heavy atom. The smallest absolute Gasteiger partial charge is 0.334 e. The van der Waals surface area contributed by atoms with Gasteiger partial charge >= 0.3 is 17.9 Å². The standard InChI is InChI=1S/C28H29NO7/c1-4-33-23(30)16-20-17-28(26(31)34-5-2,27(32)35-6-3)24-21-14-10-11-15-22(21)29(25(24)36-20)18-19-12-8-7-9-13-19/h7-16H,4-6,17-18H2,1-3H3/b20-16+. The predicted octanol–water partition coefficient (Wildman–Crippen LogP) is 4.28. The molecule has 2 heterocycles. The predicted molar refractivity (Wildman–Crippen MR) is 132 cm³/mol. The number of allylic oxidation sites excluding steroid dienone is 1. The summed E-state index contributed by atoms with van der Waals surface area (Å²) in [6.07, 6.45) is 0.931. The monoisotopic (exact) mass is 491 g/mol. The van der Waals surface area contributed by atoms with Gasteiger partial charge in [-0.1, -0.05) is 48.5 Å². The molecule has 36 heavy (non-hydrogen) atoms. The summed E-state index contributed by atoms with van der Waals surface area (Å²) >= 11 is 0. The summed E-state index contributed by atoms with van der Waals surface area (Å²) in [5, 5.41) is 0.666. The van der Waals surface area contributed by atoms with Gasteiger partial charge in [-0.15, -0.1) is 0 Å². The van der Waals surface area contributed by atoms with Crippen molar-refractivity contribution >= 4 is 28.8 Å². The van der Waals surface area contributed by atoms with Gasteiger partial charge in [-0.3, -0.25) is 9.59 Å². The average molecular weight is 492 g/mol. The Hall–Kier alpha value is -4.07. The lowest BCUT2D eigenvalue weighted by Crippen LogP contribution is -2.49. The number of benzene rings is 2. The molecule has 0 spiro atoms. The summed E-state index contributed by atoms with van der Waals surface area (Å²) in [6.45, 7) is 5.74. The van der Waals surface area contributed by atoms with Gasteiger partial charge in [0.05, 0.1) is 43.5 Å². The Bertz CT molecular complexity index is 1290. The maximum absolute atomic E-state index is 13.6. The fourth-order valence-electron chi connectivity index (χ4n) is 4.57. The lowest BCUT2D eigenvalue weighted by atomic mass is 9.75. The molecule has 0 saturated carbocycles. The van der Waals surface area contributed by atoms with Crippen LogP contribution in [0, 0.1) is 0 Å². The highest BCUT2D eigenvalue weighted by Gasteiger charge is 2.57. The molecule has 0 amide bonds. The van der Waals surface area contributed by atoms with Crippen molar-refractivity contribution in [2.45, 2.75) is 39.2 Å². The lowest BCUT2D eigenvalue weighted by molar-refractivity contribution is -0.166. The minimum absolute atomic E-state index is 0.0652. The molecular weight excluding hydrogens is 462 g/mol. The number of rotatable bonds is 8. The van der Waals surface area contributed by atoms with Crippen LogP contribution in [0.4, 0.5) is 0 Å². The fourth-order valence-corrected chi connectivity index (χ4v) is 4.57. The third-order valence-corrected chi connectivity index (χ3v) is 6.01. The van der Waals surface area contributed by atoms with Gasteiger partial charge in [0.25, 0.3) is 0 Å². The van der Waals surface area contributed by atoms with Crippen molar-refractivity contribution in [3.05, 3.63) is 77.6 Å². The molecule has 0 fully saturated rings. The van der Waals surface area contributed by atoms with E-state index in [4.69, 9.17) is 18.9 Å². The summed E-state index contributed by atoms with van der Waals surface area (Å²) in [6, 6.07) is 17.2. The van der Waals surface area contributed by atoms with E-state index in [0.717, 1.165) is 11.1 Å². The quantitative estimate of drug-likeness (QED) is 0.201. The van der Waals surface area contributed by atoms with Gasteiger partial charge in [-0.05, 0) is 32.4 Å². The Kier molecular flexibility index (Phi) is 7.43. The molecule has 0 bridgehead atoms. The van der Waals surface area contributed by atoms with E-state index >= 15 is 0 Å². The summed E-state index contributed by atoms with van der Waals surface area (Å²) < 4.78 is 24.1. The van der Waals surface area contributed by atoms with Crippen LogP contribution >= 0.6 is 0 Å². The number of fused-ring (bicyclic) bond motifs is 3. The zero-order chi connectivity index (χ0) is 25.7. The van der Waals surface area contributed by atoms with E-state index < -0.39 is 23.3 Å². The highest BCUT2D eigenvalue weighted by molar-refractivity contribution is 6.11. The number of aromatic nitrogens is 1. The Labute approximate surface area is 209 Å². The van der Waals surface area contributed by atoms with Crippen molar-refractivity contribution in [1.29, 1.82) is 0 Å². The number of ether oxygens (including phenoxy) is 4. The Morgan fingerprint density at radius 1 is 0.889 bits per heavy atom. The average Bonchev–Trinajstić information content (AvgIpc) is 3.18. The van der Waals surface area contributed by atoms with Gasteiger partial charge < -0.3 is 23.5 Å². The van der Waals surface area contributed by atoms with Crippen molar-refractivity contribution in [1.82, 2.24) is 4.57 Å². The number of para-hydroxylation sites is 1. The second-order valence-corrected chi connectivity index (χ2v) is 8.26. The van der Waals surface area contributed by atoms with Crippen LogP contribution in [-0.4, -0.2) is 42.3 Å². The number of hydrogen-bond acceptors (Lipinski definition) is 7. The Morgan fingerprint density at radius 3 is 2.14 bits per heavy atom.